The lowest BCUT2D eigenvalue weighted by Gasteiger charge is -2.07. The maximum Gasteiger partial charge on any atom is 0.220 e. The van der Waals surface area contributed by atoms with Crippen LogP contribution in [0.4, 0.5) is 0 Å². The van der Waals surface area contributed by atoms with E-state index < -0.39 is 0 Å². The monoisotopic (exact) mass is 245 g/mol. The van der Waals surface area contributed by atoms with E-state index in [1.54, 1.807) is 6.08 Å². The molecule has 1 unspecified atom stereocenters. The summed E-state index contributed by atoms with van der Waals surface area (Å²) in [7, 11) is 0. The van der Waals surface area contributed by atoms with Gasteiger partial charge in [0, 0.05) is 0 Å². The van der Waals surface area contributed by atoms with Crippen LogP contribution >= 0.6 is 0 Å². The molecule has 0 amide bonds. The normalized spacial score (nSPS) is 18.6. The molecule has 1 aliphatic rings. The number of hydrogen-bond acceptors (Lipinski definition) is 3. The van der Waals surface area contributed by atoms with E-state index in [4.69, 9.17) is 4.74 Å². The van der Waals surface area contributed by atoms with E-state index in [0.717, 1.165) is 5.56 Å². The average molecular weight is 245 g/mol. The zero-order valence-electron chi connectivity index (χ0n) is 10.9. The minimum Gasteiger partial charge on any atom is -0.507 e. The van der Waals surface area contributed by atoms with Crippen LogP contribution in [0.2, 0.25) is 0 Å². The van der Waals surface area contributed by atoms with E-state index in [0.29, 0.717) is 30.4 Å². The molecule has 1 atom stereocenters. The fourth-order valence-corrected chi connectivity index (χ4v) is 1.96. The van der Waals surface area contributed by atoms with E-state index >= 15 is 0 Å². The van der Waals surface area contributed by atoms with Gasteiger partial charge in [0.05, 0.1) is 11.6 Å². The van der Waals surface area contributed by atoms with Gasteiger partial charge in [-0.05, 0) is 24.0 Å². The summed E-state index contributed by atoms with van der Waals surface area (Å²) in [5, 5.41) is 10.2. The molecule has 1 aromatic carbocycles. The molecule has 3 nitrogen and oxygen atoms in total. The highest BCUT2D eigenvalue weighted by molar-refractivity contribution is 5.98. The van der Waals surface area contributed by atoms with Crippen molar-refractivity contribution < 1.29 is 9.84 Å². The number of phenols is 1. The van der Waals surface area contributed by atoms with Gasteiger partial charge in [-0.25, -0.2) is 4.99 Å². The Morgan fingerprint density at radius 3 is 2.94 bits per heavy atom. The number of rotatable bonds is 4. The van der Waals surface area contributed by atoms with Gasteiger partial charge < -0.3 is 9.84 Å². The molecule has 0 aromatic heterocycles. The minimum atomic E-state index is 0.183. The smallest absolute Gasteiger partial charge is 0.220 e. The molecule has 0 aliphatic carbocycles. The quantitative estimate of drug-likeness (QED) is 0.829. The molecule has 3 heteroatoms. The number of para-hydroxylation sites is 1. The van der Waals surface area contributed by atoms with E-state index in [1.807, 2.05) is 18.2 Å². The van der Waals surface area contributed by atoms with Gasteiger partial charge >= 0.3 is 0 Å². The predicted molar refractivity (Wildman–Crippen MR) is 73.1 cm³/mol. The Balaban J connectivity index is 2.32. The van der Waals surface area contributed by atoms with Gasteiger partial charge in [0.2, 0.25) is 5.90 Å². The van der Waals surface area contributed by atoms with Crippen LogP contribution in [-0.2, 0) is 11.2 Å². The number of ether oxygens (including phenoxy) is 1. The van der Waals surface area contributed by atoms with Crippen LogP contribution in [-0.4, -0.2) is 23.7 Å². The molecule has 1 aliphatic heterocycles. The molecule has 0 radical (unpaired) electrons. The van der Waals surface area contributed by atoms with Gasteiger partial charge in [0.25, 0.3) is 0 Å². The first-order valence-corrected chi connectivity index (χ1v) is 6.26. The summed E-state index contributed by atoms with van der Waals surface area (Å²) in [4.78, 5) is 4.53. The second kappa shape index (κ2) is 5.25. The van der Waals surface area contributed by atoms with Crippen molar-refractivity contribution in [3.8, 4) is 5.75 Å². The summed E-state index contributed by atoms with van der Waals surface area (Å²) >= 11 is 0. The average Bonchev–Trinajstić information content (AvgIpc) is 2.81. The lowest BCUT2D eigenvalue weighted by Crippen LogP contribution is -2.13. The Bertz CT molecular complexity index is 477. The standard InChI is InChI=1S/C15H19NO2/c1-4-6-11-7-5-8-12(14(11)17)15-16-13(9-18-15)10(2)3/h4-5,7-8,10,13,17H,1,6,9H2,2-3H3. The molecule has 1 aromatic rings. The fourth-order valence-electron chi connectivity index (χ4n) is 1.96. The highest BCUT2D eigenvalue weighted by atomic mass is 16.5. The highest BCUT2D eigenvalue weighted by Gasteiger charge is 2.24. The number of aliphatic imine (C=N–C) groups is 1. The molecule has 18 heavy (non-hydrogen) atoms. The Labute approximate surface area is 108 Å². The van der Waals surface area contributed by atoms with Gasteiger partial charge in [0.1, 0.15) is 12.4 Å². The first-order valence-electron chi connectivity index (χ1n) is 6.26. The van der Waals surface area contributed by atoms with Crippen molar-refractivity contribution in [3.63, 3.8) is 0 Å². The number of phenolic OH excluding ortho intramolecular Hbond substituents is 1. The third kappa shape index (κ3) is 2.40. The van der Waals surface area contributed by atoms with Crippen molar-refractivity contribution in [2.45, 2.75) is 26.3 Å². The largest absolute Gasteiger partial charge is 0.507 e. The van der Waals surface area contributed by atoms with Gasteiger partial charge in [-0.1, -0.05) is 32.1 Å². The first-order chi connectivity index (χ1) is 8.63. The molecule has 0 saturated carbocycles. The summed E-state index contributed by atoms with van der Waals surface area (Å²) in [6.07, 6.45) is 2.41. The molecule has 0 fully saturated rings. The number of hydrogen-bond donors (Lipinski definition) is 1. The maximum absolute atomic E-state index is 10.2. The molecule has 0 bridgehead atoms. The number of benzene rings is 1. The summed E-state index contributed by atoms with van der Waals surface area (Å²) in [6, 6.07) is 5.81. The molecular weight excluding hydrogens is 226 g/mol. The van der Waals surface area contributed by atoms with Crippen LogP contribution in [0, 0.1) is 5.92 Å². The number of nitrogens with zero attached hydrogens (tertiary/aromatic N) is 1. The SMILES string of the molecule is C=CCc1cccc(C2=NC(C(C)C)CO2)c1O. The lowest BCUT2D eigenvalue weighted by molar-refractivity contribution is 0.291. The van der Waals surface area contributed by atoms with Gasteiger partial charge in [-0.2, -0.15) is 0 Å². The Hall–Kier alpha value is -1.77. The van der Waals surface area contributed by atoms with E-state index in [9.17, 15) is 5.11 Å². The summed E-state index contributed by atoms with van der Waals surface area (Å²) in [5.74, 6) is 1.25. The number of aromatic hydroxyl groups is 1. The van der Waals surface area contributed by atoms with Crippen molar-refractivity contribution in [1.82, 2.24) is 0 Å². The zero-order valence-corrected chi connectivity index (χ0v) is 10.9. The minimum absolute atomic E-state index is 0.183. The third-order valence-electron chi connectivity index (χ3n) is 3.16. The van der Waals surface area contributed by atoms with Crippen LogP contribution in [0.25, 0.3) is 0 Å². The molecule has 2 rings (SSSR count). The van der Waals surface area contributed by atoms with Crippen LogP contribution in [0.15, 0.2) is 35.8 Å². The Morgan fingerprint density at radius 2 is 2.33 bits per heavy atom. The van der Waals surface area contributed by atoms with Crippen molar-refractivity contribution in [2.75, 3.05) is 6.61 Å². The lowest BCUT2D eigenvalue weighted by atomic mass is 10.1. The first kappa shape index (κ1) is 12.7. The third-order valence-corrected chi connectivity index (χ3v) is 3.16. The Kier molecular flexibility index (Phi) is 3.70. The van der Waals surface area contributed by atoms with Gasteiger partial charge in [0.15, 0.2) is 0 Å². The van der Waals surface area contributed by atoms with Crippen molar-refractivity contribution >= 4 is 5.90 Å². The van der Waals surface area contributed by atoms with Crippen LogP contribution in [0.3, 0.4) is 0 Å². The van der Waals surface area contributed by atoms with Gasteiger partial charge in [-0.3, -0.25) is 0 Å². The highest BCUT2D eigenvalue weighted by Crippen LogP contribution is 2.27. The zero-order chi connectivity index (χ0) is 13.1. The van der Waals surface area contributed by atoms with Crippen LogP contribution in [0.1, 0.15) is 25.0 Å². The molecule has 1 N–H and O–H groups in total. The van der Waals surface area contributed by atoms with Crippen molar-refractivity contribution in [2.24, 2.45) is 10.9 Å². The Morgan fingerprint density at radius 1 is 1.56 bits per heavy atom. The van der Waals surface area contributed by atoms with Crippen LogP contribution < -0.4 is 0 Å². The van der Waals surface area contributed by atoms with E-state index in [2.05, 4.69) is 25.4 Å². The van der Waals surface area contributed by atoms with Crippen molar-refractivity contribution in [3.05, 3.63) is 42.0 Å². The topological polar surface area (TPSA) is 41.8 Å². The molecular formula is C15H19NO2. The number of allylic oxidation sites excluding steroid dienone is 1. The fraction of sp³-hybridized carbons (Fsp3) is 0.400. The molecule has 0 spiro atoms. The molecule has 0 saturated heterocycles. The summed E-state index contributed by atoms with van der Waals surface area (Å²) < 4.78 is 5.59. The second-order valence-electron chi connectivity index (χ2n) is 4.86. The molecule has 1 heterocycles. The summed E-state index contributed by atoms with van der Waals surface area (Å²) in [5.41, 5.74) is 1.53. The molecule has 96 valence electrons. The van der Waals surface area contributed by atoms with E-state index in [1.165, 1.54) is 0 Å². The van der Waals surface area contributed by atoms with Crippen molar-refractivity contribution in [1.29, 1.82) is 0 Å². The summed E-state index contributed by atoms with van der Waals surface area (Å²) in [6.45, 7) is 8.52. The second-order valence-corrected chi connectivity index (χ2v) is 4.86. The predicted octanol–water partition coefficient (Wildman–Crippen LogP) is 2.92. The maximum atomic E-state index is 10.2. The van der Waals surface area contributed by atoms with Crippen LogP contribution in [0.5, 0.6) is 5.75 Å². The van der Waals surface area contributed by atoms with E-state index in [-0.39, 0.29) is 11.8 Å². The van der Waals surface area contributed by atoms with Gasteiger partial charge in [-0.15, -0.1) is 6.58 Å².